The molecule has 5 N–H and O–H groups in total. The summed E-state index contributed by atoms with van der Waals surface area (Å²) in [7, 11) is -9.51. The number of rotatable bonds is 7. The number of nitrogens with zero attached hydrogens (tertiary/aromatic N) is 5. The van der Waals surface area contributed by atoms with Crippen molar-refractivity contribution >= 4 is 43.9 Å². The van der Waals surface area contributed by atoms with Gasteiger partial charge in [-0.2, -0.15) is 4.98 Å². The van der Waals surface area contributed by atoms with Crippen molar-refractivity contribution in [3.8, 4) is 0 Å². The van der Waals surface area contributed by atoms with E-state index in [0.717, 1.165) is 17.7 Å². The van der Waals surface area contributed by atoms with E-state index in [4.69, 9.17) is 30.6 Å². The Bertz CT molecular complexity index is 1400. The Kier molecular flexibility index (Phi) is 6.71. The van der Waals surface area contributed by atoms with E-state index in [1.165, 1.54) is 10.7 Å². The van der Waals surface area contributed by atoms with E-state index in [1.807, 2.05) is 29.2 Å². The van der Waals surface area contributed by atoms with E-state index < -0.39 is 52.1 Å². The molecule has 17 heteroatoms. The van der Waals surface area contributed by atoms with Gasteiger partial charge in [0, 0.05) is 12.2 Å². The molecule has 5 rings (SSSR count). The summed E-state index contributed by atoms with van der Waals surface area (Å²) in [6, 6.07) is 7.83. The van der Waals surface area contributed by atoms with Gasteiger partial charge in [0.1, 0.15) is 24.4 Å². The molecule has 2 aliphatic rings. The average molecular weight is 562 g/mol. The van der Waals surface area contributed by atoms with Crippen molar-refractivity contribution in [1.82, 2.24) is 19.6 Å². The van der Waals surface area contributed by atoms with Gasteiger partial charge < -0.3 is 39.1 Å². The van der Waals surface area contributed by atoms with Gasteiger partial charge in [0.15, 0.2) is 17.4 Å². The number of ether oxygens (including phenoxy) is 1. The van der Waals surface area contributed by atoms with Crippen LogP contribution in [0.25, 0.3) is 5.65 Å². The molecule has 0 aliphatic carbocycles. The Labute approximate surface area is 208 Å². The fourth-order valence-corrected chi connectivity index (χ4v) is 7.11. The molecule has 14 nitrogen and oxygen atoms in total. The first-order valence-corrected chi connectivity index (χ1v) is 14.7. The smallest absolute Gasteiger partial charge is 0.340 e. The Hall–Kier alpha value is -1.96. The predicted octanol–water partition coefficient (Wildman–Crippen LogP) is 0.971. The molecular formula is C19H22ClN5O9P2. The number of benzene rings is 1. The maximum absolute atomic E-state index is 11.9. The maximum Gasteiger partial charge on any atom is 0.340 e. The first-order chi connectivity index (χ1) is 16.9. The van der Waals surface area contributed by atoms with Gasteiger partial charge in [-0.15, -0.1) is 5.10 Å². The number of aliphatic hydroxyl groups excluding tert-OH is 2. The highest BCUT2D eigenvalue weighted by atomic mass is 35.5. The van der Waals surface area contributed by atoms with E-state index in [2.05, 4.69) is 15.1 Å². The van der Waals surface area contributed by atoms with Gasteiger partial charge in [0.05, 0.1) is 18.5 Å². The second-order valence-corrected chi connectivity index (χ2v) is 12.8. The summed E-state index contributed by atoms with van der Waals surface area (Å²) in [4.78, 5) is 38.2. The van der Waals surface area contributed by atoms with Crippen LogP contribution >= 0.6 is 26.8 Å². The predicted molar refractivity (Wildman–Crippen MR) is 125 cm³/mol. The molecule has 1 aromatic carbocycles. The second kappa shape index (κ2) is 9.41. The van der Waals surface area contributed by atoms with Crippen LogP contribution in [0.1, 0.15) is 17.4 Å². The Morgan fingerprint density at radius 3 is 2.67 bits per heavy atom. The van der Waals surface area contributed by atoms with Gasteiger partial charge in [-0.25, -0.2) is 9.50 Å². The minimum Gasteiger partial charge on any atom is -0.387 e. The number of hydrogen-bond acceptors (Lipinski definition) is 10. The van der Waals surface area contributed by atoms with Crippen molar-refractivity contribution in [1.29, 1.82) is 0 Å². The van der Waals surface area contributed by atoms with Crippen molar-refractivity contribution in [2.24, 2.45) is 0 Å². The molecule has 0 spiro atoms. The van der Waals surface area contributed by atoms with Crippen LogP contribution in [0.15, 0.2) is 30.5 Å². The van der Waals surface area contributed by atoms with E-state index in [-0.39, 0.29) is 11.0 Å². The number of aliphatic hydroxyl groups is 2. The molecule has 0 radical (unpaired) electrons. The van der Waals surface area contributed by atoms with E-state index in [9.17, 15) is 24.2 Å². The summed E-state index contributed by atoms with van der Waals surface area (Å²) < 4.78 is 34.8. The highest BCUT2D eigenvalue weighted by molar-refractivity contribution is 7.70. The lowest BCUT2D eigenvalue weighted by Gasteiger charge is -2.19. The van der Waals surface area contributed by atoms with Gasteiger partial charge in [-0.1, -0.05) is 18.2 Å². The Morgan fingerprint density at radius 2 is 1.92 bits per heavy atom. The molecule has 4 heterocycles. The third kappa shape index (κ3) is 4.94. The number of imidazole rings is 1. The van der Waals surface area contributed by atoms with Crippen molar-refractivity contribution in [3.05, 3.63) is 47.0 Å². The standard InChI is InChI=1S/C19H22ClN5O9P2/c20-19-22-18(24-6-5-10-3-1-2-4-11(10)24)17-21-7-12(25(17)23-19)16-15(27)14(26)13(34-16)8-33-36(31,32)9-35(28,29)30/h1-4,7,13-16,26-27H,5-6,8-9H2,(H,31,32)(H2,28,29,30). The highest BCUT2D eigenvalue weighted by Crippen LogP contribution is 2.55. The van der Waals surface area contributed by atoms with Crippen LogP contribution in [-0.4, -0.2) is 81.8 Å². The lowest BCUT2D eigenvalue weighted by Crippen LogP contribution is -2.33. The monoisotopic (exact) mass is 561 g/mol. The number of anilines is 2. The quantitative estimate of drug-likeness (QED) is 0.256. The molecule has 0 saturated carbocycles. The molecule has 194 valence electrons. The minimum absolute atomic E-state index is 0.0901. The van der Waals surface area contributed by atoms with Gasteiger partial charge in [0.25, 0.3) is 0 Å². The van der Waals surface area contributed by atoms with Crippen LogP contribution in [0, 0.1) is 0 Å². The highest BCUT2D eigenvalue weighted by Gasteiger charge is 2.46. The van der Waals surface area contributed by atoms with Crippen LogP contribution in [0.3, 0.4) is 0 Å². The number of aromatic nitrogens is 4. The third-order valence-corrected chi connectivity index (χ3v) is 9.56. The summed E-state index contributed by atoms with van der Waals surface area (Å²) in [5, 5.41) is 25.2. The largest absolute Gasteiger partial charge is 0.387 e. The molecule has 36 heavy (non-hydrogen) atoms. The van der Waals surface area contributed by atoms with Crippen LogP contribution in [-0.2, 0) is 24.8 Å². The van der Waals surface area contributed by atoms with Crippen molar-refractivity contribution in [3.63, 3.8) is 0 Å². The molecule has 3 aromatic rings. The summed E-state index contributed by atoms with van der Waals surface area (Å²) in [6.07, 6.45) is -3.31. The van der Waals surface area contributed by atoms with Crippen LogP contribution in [0.5, 0.6) is 0 Å². The number of hydrogen-bond donors (Lipinski definition) is 5. The lowest BCUT2D eigenvalue weighted by atomic mass is 10.1. The molecule has 0 amide bonds. The Balaban J connectivity index is 1.41. The van der Waals surface area contributed by atoms with Crippen LogP contribution < -0.4 is 4.90 Å². The van der Waals surface area contributed by atoms with E-state index in [1.54, 1.807) is 0 Å². The van der Waals surface area contributed by atoms with Crippen LogP contribution in [0.4, 0.5) is 11.5 Å². The van der Waals surface area contributed by atoms with E-state index >= 15 is 0 Å². The number of halogens is 1. The fraction of sp³-hybridized carbons (Fsp3) is 0.421. The minimum atomic E-state index is -4.83. The number of fused-ring (bicyclic) bond motifs is 2. The van der Waals surface area contributed by atoms with Crippen molar-refractivity contribution in [2.75, 3.05) is 24.0 Å². The first kappa shape index (κ1) is 25.7. The summed E-state index contributed by atoms with van der Waals surface area (Å²) in [5.74, 6) is -0.947. The first-order valence-electron chi connectivity index (χ1n) is 10.7. The maximum atomic E-state index is 11.9. The zero-order valence-electron chi connectivity index (χ0n) is 18.4. The molecule has 0 bridgehead atoms. The fourth-order valence-electron chi connectivity index (χ4n) is 4.39. The summed E-state index contributed by atoms with van der Waals surface area (Å²) >= 11 is 6.22. The number of para-hydroxylation sites is 1. The molecule has 1 fully saturated rings. The SMILES string of the molecule is O=P(O)(O)CP(=O)(O)OCC1OC(c2cnc3c(N4CCc5ccccc54)nc(Cl)nn23)C(O)C1O. The molecule has 1 saturated heterocycles. The third-order valence-electron chi connectivity index (χ3n) is 5.95. The molecule has 5 unspecified atom stereocenters. The van der Waals surface area contributed by atoms with Gasteiger partial charge in [-0.05, 0) is 29.7 Å². The molecule has 2 aliphatic heterocycles. The summed E-state index contributed by atoms with van der Waals surface area (Å²) in [5.41, 5.74) is 2.65. The average Bonchev–Trinajstić information content (AvgIpc) is 3.47. The molecule has 2 aromatic heterocycles. The molecular weight excluding hydrogens is 540 g/mol. The summed E-state index contributed by atoms with van der Waals surface area (Å²) in [6.45, 7) is -0.0636. The van der Waals surface area contributed by atoms with E-state index in [0.29, 0.717) is 18.0 Å². The van der Waals surface area contributed by atoms with Crippen molar-refractivity contribution < 1.29 is 43.3 Å². The van der Waals surface area contributed by atoms with Crippen LogP contribution in [0.2, 0.25) is 5.28 Å². The second-order valence-electron chi connectivity index (χ2n) is 8.47. The zero-order chi connectivity index (χ0) is 25.8. The molecule has 5 atom stereocenters. The van der Waals surface area contributed by atoms with Gasteiger partial charge in [-0.3, -0.25) is 9.13 Å². The lowest BCUT2D eigenvalue weighted by molar-refractivity contribution is -0.0204. The Morgan fingerprint density at radius 1 is 1.17 bits per heavy atom. The zero-order valence-corrected chi connectivity index (χ0v) is 20.9. The van der Waals surface area contributed by atoms with Crippen molar-refractivity contribution in [2.45, 2.75) is 30.8 Å². The van der Waals surface area contributed by atoms with Gasteiger partial charge >= 0.3 is 15.2 Å². The van der Waals surface area contributed by atoms with Gasteiger partial charge in [0.2, 0.25) is 5.28 Å². The normalized spacial score (nSPS) is 25.9. The topological polar surface area (TPSA) is 200 Å².